The molecule has 0 aromatic carbocycles. The van der Waals surface area contributed by atoms with Gasteiger partial charge in [0.1, 0.15) is 6.21 Å². The van der Waals surface area contributed by atoms with E-state index in [1.807, 2.05) is 0 Å². The summed E-state index contributed by atoms with van der Waals surface area (Å²) in [6, 6.07) is 0. The van der Waals surface area contributed by atoms with E-state index < -0.39 is 5.97 Å². The van der Waals surface area contributed by atoms with Gasteiger partial charge in [-0.15, -0.1) is 0 Å². The molecule has 3 nitrogen and oxygen atoms in total. The second kappa shape index (κ2) is 7.25. The Kier molecular flexibility index (Phi) is 6.68. The molecule has 0 aliphatic heterocycles. The van der Waals surface area contributed by atoms with E-state index in [4.69, 9.17) is 5.41 Å². The van der Waals surface area contributed by atoms with E-state index >= 15 is 0 Å². The molecule has 0 aliphatic carbocycles. The van der Waals surface area contributed by atoms with Crippen molar-refractivity contribution in [2.24, 2.45) is 0 Å². The van der Waals surface area contributed by atoms with Crippen molar-refractivity contribution >= 4 is 12.2 Å². The zero-order valence-electron chi connectivity index (χ0n) is 6.93. The van der Waals surface area contributed by atoms with Gasteiger partial charge in [-0.05, 0) is 6.42 Å². The maximum Gasteiger partial charge on any atom is 0.348 e. The Morgan fingerprint density at radius 3 is 2.73 bits per heavy atom. The minimum Gasteiger partial charge on any atom is -0.461 e. The van der Waals surface area contributed by atoms with Gasteiger partial charge in [-0.3, -0.25) is 0 Å². The Labute approximate surface area is 67.3 Å². The molecule has 0 aromatic rings. The lowest BCUT2D eigenvalue weighted by Gasteiger charge is -1.99. The number of carbonyl (C=O) groups excluding carboxylic acids is 1. The van der Waals surface area contributed by atoms with E-state index in [0.29, 0.717) is 12.8 Å². The Bertz CT molecular complexity index is 123. The van der Waals surface area contributed by atoms with E-state index in [1.165, 1.54) is 12.8 Å². The fraction of sp³-hybridized carbons (Fsp3) is 0.750. The highest BCUT2D eigenvalue weighted by molar-refractivity contribution is 6.21. The molecule has 0 fully saturated rings. The van der Waals surface area contributed by atoms with Gasteiger partial charge in [0.05, 0.1) is 6.61 Å². The standard InChI is InChI=1S/C8H15NO2/c1-2-3-4-5-6-11-8(10)7-9/h7,9H,2-6H2,1H3. The molecule has 0 bridgehead atoms. The van der Waals surface area contributed by atoms with Crippen LogP contribution >= 0.6 is 0 Å². The normalized spacial score (nSPS) is 9.18. The smallest absolute Gasteiger partial charge is 0.348 e. The van der Waals surface area contributed by atoms with Crippen LogP contribution in [0.5, 0.6) is 0 Å². The van der Waals surface area contributed by atoms with Crippen LogP contribution in [-0.2, 0) is 9.53 Å². The van der Waals surface area contributed by atoms with Gasteiger partial charge >= 0.3 is 5.97 Å². The predicted molar refractivity (Wildman–Crippen MR) is 43.9 cm³/mol. The fourth-order valence-corrected chi connectivity index (χ4v) is 0.743. The molecule has 0 rings (SSSR count). The van der Waals surface area contributed by atoms with Crippen LogP contribution in [0.15, 0.2) is 0 Å². The van der Waals surface area contributed by atoms with E-state index in [9.17, 15) is 4.79 Å². The van der Waals surface area contributed by atoms with E-state index in [-0.39, 0.29) is 0 Å². The first-order valence-electron chi connectivity index (χ1n) is 3.98. The minimum atomic E-state index is -0.540. The first-order valence-corrected chi connectivity index (χ1v) is 3.98. The van der Waals surface area contributed by atoms with Crippen LogP contribution in [-0.4, -0.2) is 18.8 Å². The van der Waals surface area contributed by atoms with Crippen molar-refractivity contribution in [2.75, 3.05) is 6.61 Å². The summed E-state index contributed by atoms with van der Waals surface area (Å²) >= 11 is 0. The summed E-state index contributed by atoms with van der Waals surface area (Å²) in [6.45, 7) is 2.58. The van der Waals surface area contributed by atoms with Crippen LogP contribution in [0, 0.1) is 5.41 Å². The first-order chi connectivity index (χ1) is 5.31. The van der Waals surface area contributed by atoms with Crippen LogP contribution in [0.3, 0.4) is 0 Å². The van der Waals surface area contributed by atoms with Crippen molar-refractivity contribution in [1.29, 1.82) is 5.41 Å². The molecule has 0 unspecified atom stereocenters. The van der Waals surface area contributed by atoms with Gasteiger partial charge in [0.2, 0.25) is 0 Å². The van der Waals surface area contributed by atoms with Gasteiger partial charge in [0.25, 0.3) is 0 Å². The highest BCUT2D eigenvalue weighted by Crippen LogP contribution is 1.98. The fourth-order valence-electron chi connectivity index (χ4n) is 0.743. The van der Waals surface area contributed by atoms with Crippen LogP contribution in [0.1, 0.15) is 32.6 Å². The summed E-state index contributed by atoms with van der Waals surface area (Å²) in [6.07, 6.45) is 5.07. The molecule has 3 heteroatoms. The highest BCUT2D eigenvalue weighted by atomic mass is 16.5. The zero-order valence-corrected chi connectivity index (χ0v) is 6.93. The highest BCUT2D eigenvalue weighted by Gasteiger charge is 1.94. The molecular formula is C8H15NO2. The molecule has 0 spiro atoms. The number of rotatable bonds is 6. The third-order valence-corrected chi connectivity index (χ3v) is 1.36. The predicted octanol–water partition coefficient (Wildman–Crippen LogP) is 1.76. The Balaban J connectivity index is 3.01. The summed E-state index contributed by atoms with van der Waals surface area (Å²) in [5, 5.41) is 6.53. The summed E-state index contributed by atoms with van der Waals surface area (Å²) in [5.41, 5.74) is 0. The van der Waals surface area contributed by atoms with E-state index in [1.54, 1.807) is 0 Å². The number of ether oxygens (including phenoxy) is 1. The number of unbranched alkanes of at least 4 members (excludes halogenated alkanes) is 3. The van der Waals surface area contributed by atoms with Gasteiger partial charge in [-0.25, -0.2) is 4.79 Å². The maximum atomic E-state index is 10.4. The molecule has 64 valence electrons. The van der Waals surface area contributed by atoms with Crippen molar-refractivity contribution in [2.45, 2.75) is 32.6 Å². The Morgan fingerprint density at radius 2 is 2.18 bits per heavy atom. The lowest BCUT2D eigenvalue weighted by atomic mass is 10.2. The molecule has 1 N–H and O–H groups in total. The minimum absolute atomic E-state index is 0.453. The third-order valence-electron chi connectivity index (χ3n) is 1.36. The molecule has 0 saturated heterocycles. The van der Waals surface area contributed by atoms with Crippen molar-refractivity contribution in [3.8, 4) is 0 Å². The van der Waals surface area contributed by atoms with Crippen molar-refractivity contribution < 1.29 is 9.53 Å². The van der Waals surface area contributed by atoms with Crippen molar-refractivity contribution in [3.63, 3.8) is 0 Å². The van der Waals surface area contributed by atoms with Gasteiger partial charge in [0, 0.05) is 0 Å². The topological polar surface area (TPSA) is 50.2 Å². The first kappa shape index (κ1) is 10.1. The summed E-state index contributed by atoms with van der Waals surface area (Å²) in [7, 11) is 0. The lowest BCUT2D eigenvalue weighted by Crippen LogP contribution is -2.05. The molecule has 0 amide bonds. The number of carbonyl (C=O) groups is 1. The maximum absolute atomic E-state index is 10.4. The van der Waals surface area contributed by atoms with E-state index in [2.05, 4.69) is 11.7 Å². The summed E-state index contributed by atoms with van der Waals surface area (Å²) in [5.74, 6) is -0.540. The molecule has 0 radical (unpaired) electrons. The van der Waals surface area contributed by atoms with Gasteiger partial charge in [-0.2, -0.15) is 0 Å². The van der Waals surface area contributed by atoms with Crippen LogP contribution in [0.25, 0.3) is 0 Å². The van der Waals surface area contributed by atoms with Crippen molar-refractivity contribution in [3.05, 3.63) is 0 Å². The second-order valence-corrected chi connectivity index (χ2v) is 2.37. The molecular weight excluding hydrogens is 142 g/mol. The molecule has 11 heavy (non-hydrogen) atoms. The Hall–Kier alpha value is -0.860. The number of hydrogen-bond donors (Lipinski definition) is 1. The average Bonchev–Trinajstić information content (AvgIpc) is 2.04. The van der Waals surface area contributed by atoms with Gasteiger partial charge in [0.15, 0.2) is 0 Å². The van der Waals surface area contributed by atoms with Crippen molar-refractivity contribution in [1.82, 2.24) is 0 Å². The molecule has 0 aliphatic rings. The number of hydrogen-bond acceptors (Lipinski definition) is 3. The molecule has 0 aromatic heterocycles. The molecule has 0 atom stereocenters. The zero-order chi connectivity index (χ0) is 8.53. The van der Waals surface area contributed by atoms with Crippen LogP contribution < -0.4 is 0 Å². The van der Waals surface area contributed by atoms with Crippen LogP contribution in [0.2, 0.25) is 0 Å². The summed E-state index contributed by atoms with van der Waals surface area (Å²) < 4.78 is 4.66. The molecule has 0 saturated carbocycles. The SMILES string of the molecule is CCCCCCOC(=O)C=N. The van der Waals surface area contributed by atoms with Gasteiger partial charge in [-0.1, -0.05) is 26.2 Å². The van der Waals surface area contributed by atoms with Crippen LogP contribution in [0.4, 0.5) is 0 Å². The largest absolute Gasteiger partial charge is 0.461 e. The summed E-state index contributed by atoms with van der Waals surface area (Å²) in [4.78, 5) is 10.4. The van der Waals surface area contributed by atoms with Gasteiger partial charge < -0.3 is 10.1 Å². The quantitative estimate of drug-likeness (QED) is 0.363. The number of esters is 1. The third kappa shape index (κ3) is 7.03. The monoisotopic (exact) mass is 157 g/mol. The average molecular weight is 157 g/mol. The second-order valence-electron chi connectivity index (χ2n) is 2.37. The van der Waals surface area contributed by atoms with E-state index in [0.717, 1.165) is 12.8 Å². The number of nitrogens with one attached hydrogen (secondary N) is 1. The Morgan fingerprint density at radius 1 is 1.45 bits per heavy atom. The molecule has 0 heterocycles. The lowest BCUT2D eigenvalue weighted by molar-refractivity contribution is -0.135.